The normalized spacial score (nSPS) is 16.8. The molecule has 0 N–H and O–H groups in total. The van der Waals surface area contributed by atoms with Crippen molar-refractivity contribution in [1.29, 1.82) is 0 Å². The summed E-state index contributed by atoms with van der Waals surface area (Å²) in [7, 11) is 0. The average molecular weight is 216 g/mol. The van der Waals surface area contributed by atoms with E-state index in [1.165, 1.54) is 12.8 Å². The maximum Gasteiger partial charge on any atom is 0.267 e. The molecule has 1 saturated carbocycles. The minimum Gasteiger partial charge on any atom is -0.419 e. The molecule has 1 fully saturated rings. The van der Waals surface area contributed by atoms with E-state index in [0.29, 0.717) is 17.5 Å². The first-order valence-corrected chi connectivity index (χ1v) is 5.53. The Morgan fingerprint density at radius 2 is 2.00 bits per heavy atom. The summed E-state index contributed by atoms with van der Waals surface area (Å²) in [6.45, 7) is 0. The molecule has 5 nitrogen and oxygen atoms in total. The van der Waals surface area contributed by atoms with Crippen LogP contribution in [0.25, 0.3) is 11.6 Å². The number of hydrogen-bond donors (Lipinski definition) is 0. The van der Waals surface area contributed by atoms with Gasteiger partial charge in [0.2, 0.25) is 5.89 Å². The Bertz CT molecular complexity index is 462. The van der Waals surface area contributed by atoms with E-state index < -0.39 is 0 Å². The number of rotatable bonds is 2. The van der Waals surface area contributed by atoms with Gasteiger partial charge in [0, 0.05) is 18.3 Å². The van der Waals surface area contributed by atoms with Gasteiger partial charge in [-0.1, -0.05) is 12.8 Å². The maximum atomic E-state index is 5.63. The van der Waals surface area contributed by atoms with Gasteiger partial charge in [0.15, 0.2) is 0 Å². The van der Waals surface area contributed by atoms with Gasteiger partial charge in [-0.3, -0.25) is 4.98 Å². The van der Waals surface area contributed by atoms with Gasteiger partial charge in [0.05, 0.1) is 6.20 Å². The van der Waals surface area contributed by atoms with Crippen LogP contribution in [0.2, 0.25) is 0 Å². The van der Waals surface area contributed by atoms with Gasteiger partial charge in [-0.15, -0.1) is 10.2 Å². The van der Waals surface area contributed by atoms with Crippen LogP contribution in [0.4, 0.5) is 0 Å². The van der Waals surface area contributed by atoms with Gasteiger partial charge in [0.1, 0.15) is 5.69 Å². The summed E-state index contributed by atoms with van der Waals surface area (Å²) in [4.78, 5) is 8.11. The molecule has 0 aromatic carbocycles. The molecule has 3 rings (SSSR count). The van der Waals surface area contributed by atoms with Crippen molar-refractivity contribution in [3.8, 4) is 11.6 Å². The molecule has 0 atom stereocenters. The van der Waals surface area contributed by atoms with Gasteiger partial charge in [0.25, 0.3) is 5.89 Å². The van der Waals surface area contributed by atoms with Crippen LogP contribution in [0.1, 0.15) is 37.5 Å². The summed E-state index contributed by atoms with van der Waals surface area (Å²) < 4.78 is 5.63. The molecule has 1 aliphatic carbocycles. The predicted molar refractivity (Wildman–Crippen MR) is 56.5 cm³/mol. The third-order valence-corrected chi connectivity index (χ3v) is 2.93. The summed E-state index contributed by atoms with van der Waals surface area (Å²) >= 11 is 0. The Morgan fingerprint density at radius 1 is 1.12 bits per heavy atom. The third kappa shape index (κ3) is 1.68. The van der Waals surface area contributed by atoms with Crippen LogP contribution in [0.15, 0.2) is 23.0 Å². The van der Waals surface area contributed by atoms with Crippen molar-refractivity contribution in [3.05, 3.63) is 24.5 Å². The average Bonchev–Trinajstić information content (AvgIpc) is 3.01. The summed E-state index contributed by atoms with van der Waals surface area (Å²) in [5.74, 6) is 1.66. The highest BCUT2D eigenvalue weighted by Crippen LogP contribution is 2.33. The van der Waals surface area contributed by atoms with Gasteiger partial charge in [-0.05, 0) is 12.8 Å². The lowest BCUT2D eigenvalue weighted by Crippen LogP contribution is -1.91. The maximum absolute atomic E-state index is 5.63. The molecule has 2 aromatic rings. The molecule has 0 bridgehead atoms. The zero-order valence-corrected chi connectivity index (χ0v) is 8.83. The van der Waals surface area contributed by atoms with E-state index >= 15 is 0 Å². The van der Waals surface area contributed by atoms with Crippen LogP contribution in [0.3, 0.4) is 0 Å². The molecule has 1 aliphatic rings. The monoisotopic (exact) mass is 216 g/mol. The minimum atomic E-state index is 0.443. The van der Waals surface area contributed by atoms with Crippen LogP contribution < -0.4 is 0 Å². The molecule has 2 heterocycles. The van der Waals surface area contributed by atoms with Gasteiger partial charge in [-0.2, -0.15) is 0 Å². The smallest absolute Gasteiger partial charge is 0.267 e. The fraction of sp³-hybridized carbons (Fsp3) is 0.455. The van der Waals surface area contributed by atoms with E-state index in [1.807, 2.05) is 0 Å². The summed E-state index contributed by atoms with van der Waals surface area (Å²) in [6.07, 6.45) is 9.70. The molecule has 5 heteroatoms. The highest BCUT2D eigenvalue weighted by atomic mass is 16.4. The standard InChI is InChI=1S/C11H12N4O/c1-2-4-8(3-1)10-14-15-11(16-10)9-7-12-5-6-13-9/h5-8H,1-4H2. The van der Waals surface area contributed by atoms with Crippen molar-refractivity contribution in [2.75, 3.05) is 0 Å². The summed E-state index contributed by atoms with van der Waals surface area (Å²) in [5.41, 5.74) is 0.638. The Labute approximate surface area is 92.9 Å². The van der Waals surface area contributed by atoms with Crippen LogP contribution in [0, 0.1) is 0 Å². The SMILES string of the molecule is c1cnc(-c2nnc(C3CCCC3)o2)cn1. The minimum absolute atomic E-state index is 0.443. The third-order valence-electron chi connectivity index (χ3n) is 2.93. The summed E-state index contributed by atoms with van der Waals surface area (Å²) in [6, 6.07) is 0. The molecule has 0 unspecified atom stereocenters. The molecular weight excluding hydrogens is 204 g/mol. The lowest BCUT2D eigenvalue weighted by molar-refractivity contribution is 0.456. The fourth-order valence-electron chi connectivity index (χ4n) is 2.09. The van der Waals surface area contributed by atoms with E-state index in [4.69, 9.17) is 4.42 Å². The Hall–Kier alpha value is -1.78. The van der Waals surface area contributed by atoms with Crippen LogP contribution >= 0.6 is 0 Å². The van der Waals surface area contributed by atoms with Crippen LogP contribution in [0.5, 0.6) is 0 Å². The first-order chi connectivity index (χ1) is 7.93. The zero-order valence-electron chi connectivity index (χ0n) is 8.83. The lowest BCUT2D eigenvalue weighted by atomic mass is 10.1. The molecule has 16 heavy (non-hydrogen) atoms. The van der Waals surface area contributed by atoms with Crippen molar-refractivity contribution < 1.29 is 4.42 Å². The Morgan fingerprint density at radius 3 is 2.75 bits per heavy atom. The zero-order chi connectivity index (χ0) is 10.8. The number of nitrogens with zero attached hydrogens (tertiary/aromatic N) is 4. The highest BCUT2D eigenvalue weighted by molar-refractivity contribution is 5.43. The van der Waals surface area contributed by atoms with E-state index in [0.717, 1.165) is 18.7 Å². The number of aromatic nitrogens is 4. The van der Waals surface area contributed by atoms with E-state index in [-0.39, 0.29) is 0 Å². The van der Waals surface area contributed by atoms with Crippen LogP contribution in [-0.2, 0) is 0 Å². The first-order valence-electron chi connectivity index (χ1n) is 5.53. The summed E-state index contributed by atoms with van der Waals surface area (Å²) in [5, 5.41) is 8.10. The van der Waals surface area contributed by atoms with Gasteiger partial charge < -0.3 is 4.42 Å². The Kier molecular flexibility index (Phi) is 2.36. The van der Waals surface area contributed by atoms with Gasteiger partial charge >= 0.3 is 0 Å². The molecule has 2 aromatic heterocycles. The highest BCUT2D eigenvalue weighted by Gasteiger charge is 2.23. The lowest BCUT2D eigenvalue weighted by Gasteiger charge is -2.00. The van der Waals surface area contributed by atoms with Gasteiger partial charge in [-0.25, -0.2) is 4.98 Å². The molecule has 0 radical (unpaired) electrons. The second-order valence-electron chi connectivity index (χ2n) is 4.02. The van der Waals surface area contributed by atoms with Crippen molar-refractivity contribution in [3.63, 3.8) is 0 Å². The van der Waals surface area contributed by atoms with E-state index in [9.17, 15) is 0 Å². The predicted octanol–water partition coefficient (Wildman–Crippen LogP) is 2.18. The molecule has 82 valence electrons. The van der Waals surface area contributed by atoms with E-state index in [2.05, 4.69) is 20.2 Å². The Balaban J connectivity index is 1.87. The second-order valence-corrected chi connectivity index (χ2v) is 4.02. The van der Waals surface area contributed by atoms with E-state index in [1.54, 1.807) is 18.6 Å². The topological polar surface area (TPSA) is 64.7 Å². The van der Waals surface area contributed by atoms with Crippen molar-refractivity contribution in [2.24, 2.45) is 0 Å². The number of hydrogen-bond acceptors (Lipinski definition) is 5. The molecule has 0 saturated heterocycles. The van der Waals surface area contributed by atoms with Crippen molar-refractivity contribution in [2.45, 2.75) is 31.6 Å². The second kappa shape index (κ2) is 4.00. The fourth-order valence-corrected chi connectivity index (χ4v) is 2.09. The quantitative estimate of drug-likeness (QED) is 0.769. The molecule has 0 aliphatic heterocycles. The molecule has 0 spiro atoms. The first kappa shape index (κ1) is 9.45. The van der Waals surface area contributed by atoms with Crippen LogP contribution in [-0.4, -0.2) is 20.2 Å². The van der Waals surface area contributed by atoms with Crippen molar-refractivity contribution >= 4 is 0 Å². The molecule has 0 amide bonds. The largest absolute Gasteiger partial charge is 0.419 e. The molecular formula is C11H12N4O. The van der Waals surface area contributed by atoms with Crippen molar-refractivity contribution in [1.82, 2.24) is 20.2 Å².